The minimum absolute atomic E-state index is 0.212. The van der Waals surface area contributed by atoms with Crippen molar-refractivity contribution in [2.75, 3.05) is 37.6 Å². The molecule has 4 nitrogen and oxygen atoms in total. The van der Waals surface area contributed by atoms with Gasteiger partial charge >= 0.3 is 0 Å². The summed E-state index contributed by atoms with van der Waals surface area (Å²) < 4.78 is 0. The Bertz CT molecular complexity index is 578. The van der Waals surface area contributed by atoms with E-state index in [0.717, 1.165) is 45.6 Å². The maximum atomic E-state index is 12.5. The second-order valence-corrected chi connectivity index (χ2v) is 8.04. The highest BCUT2D eigenvalue weighted by molar-refractivity contribution is 5.78. The molecule has 1 atom stereocenters. The highest BCUT2D eigenvalue weighted by atomic mass is 16.1. The van der Waals surface area contributed by atoms with Crippen LogP contribution < -0.4 is 10.2 Å². The molecule has 25 heavy (non-hydrogen) atoms. The van der Waals surface area contributed by atoms with Crippen LogP contribution in [0.15, 0.2) is 24.3 Å². The van der Waals surface area contributed by atoms with E-state index in [1.807, 2.05) is 0 Å². The lowest BCUT2D eigenvalue weighted by Gasteiger charge is -2.34. The van der Waals surface area contributed by atoms with Gasteiger partial charge in [0.15, 0.2) is 0 Å². The monoisotopic (exact) mass is 343 g/mol. The Morgan fingerprint density at radius 3 is 2.56 bits per heavy atom. The van der Waals surface area contributed by atoms with E-state index in [1.54, 1.807) is 0 Å². The molecule has 0 aromatic heterocycles. The molecule has 0 spiro atoms. The van der Waals surface area contributed by atoms with Crippen LogP contribution in [0.2, 0.25) is 0 Å². The van der Waals surface area contributed by atoms with E-state index in [0.29, 0.717) is 12.0 Å². The quantitative estimate of drug-likeness (QED) is 0.892. The van der Waals surface area contributed by atoms with Gasteiger partial charge in [-0.3, -0.25) is 4.79 Å². The van der Waals surface area contributed by atoms with E-state index in [4.69, 9.17) is 0 Å². The van der Waals surface area contributed by atoms with Crippen molar-refractivity contribution >= 4 is 11.6 Å². The maximum absolute atomic E-state index is 12.5. The van der Waals surface area contributed by atoms with Crippen LogP contribution in [0.1, 0.15) is 38.7 Å². The van der Waals surface area contributed by atoms with E-state index < -0.39 is 0 Å². The summed E-state index contributed by atoms with van der Waals surface area (Å²) >= 11 is 0. The van der Waals surface area contributed by atoms with Crippen molar-refractivity contribution in [2.24, 2.45) is 11.8 Å². The van der Waals surface area contributed by atoms with Gasteiger partial charge in [-0.25, -0.2) is 0 Å². The Morgan fingerprint density at radius 2 is 1.88 bits per heavy atom. The lowest BCUT2D eigenvalue weighted by molar-refractivity contribution is -0.126. The molecule has 1 aromatic rings. The predicted octanol–water partition coefficient (Wildman–Crippen LogP) is 3.06. The first kappa shape index (κ1) is 18.2. The highest BCUT2D eigenvalue weighted by Crippen LogP contribution is 2.26. The van der Waals surface area contributed by atoms with Crippen molar-refractivity contribution in [1.82, 2.24) is 10.2 Å². The fraction of sp³-hybridized carbons (Fsp3) is 0.667. The summed E-state index contributed by atoms with van der Waals surface area (Å²) in [7, 11) is 0. The molecular weight excluding hydrogens is 310 g/mol. The predicted molar refractivity (Wildman–Crippen MR) is 104 cm³/mol. The number of rotatable bonds is 5. The number of anilines is 1. The third-order valence-corrected chi connectivity index (χ3v) is 5.94. The Hall–Kier alpha value is -1.55. The van der Waals surface area contributed by atoms with Gasteiger partial charge < -0.3 is 15.1 Å². The number of benzene rings is 1. The largest absolute Gasteiger partial charge is 0.371 e. The van der Waals surface area contributed by atoms with E-state index in [9.17, 15) is 4.79 Å². The zero-order valence-electron chi connectivity index (χ0n) is 16.0. The van der Waals surface area contributed by atoms with Crippen molar-refractivity contribution in [2.45, 2.75) is 46.1 Å². The SMILES string of the molecule is Cc1ccccc1N1CC[C@@H](CNC(=O)C2CCN(C(C)C)CC2)C1. The number of piperidine rings is 1. The number of likely N-dealkylation sites (tertiary alicyclic amines) is 1. The molecule has 0 saturated carbocycles. The van der Waals surface area contributed by atoms with Crippen LogP contribution in [0, 0.1) is 18.8 Å². The average Bonchev–Trinajstić information content (AvgIpc) is 3.09. The van der Waals surface area contributed by atoms with Crippen LogP contribution in [-0.4, -0.2) is 49.6 Å². The normalized spacial score (nSPS) is 22.6. The minimum Gasteiger partial charge on any atom is -0.371 e. The van der Waals surface area contributed by atoms with Gasteiger partial charge in [-0.15, -0.1) is 0 Å². The lowest BCUT2D eigenvalue weighted by atomic mass is 9.95. The molecule has 0 bridgehead atoms. The molecule has 2 saturated heterocycles. The number of carbonyl (C=O) groups is 1. The fourth-order valence-corrected chi connectivity index (χ4v) is 4.20. The number of nitrogens with one attached hydrogen (secondary N) is 1. The van der Waals surface area contributed by atoms with E-state index in [-0.39, 0.29) is 11.8 Å². The molecule has 2 heterocycles. The van der Waals surface area contributed by atoms with Crippen LogP contribution in [0.5, 0.6) is 0 Å². The van der Waals surface area contributed by atoms with Gasteiger partial charge in [-0.05, 0) is 70.7 Å². The average molecular weight is 344 g/mol. The van der Waals surface area contributed by atoms with Gasteiger partial charge in [0.2, 0.25) is 5.91 Å². The molecule has 3 rings (SSSR count). The van der Waals surface area contributed by atoms with Crippen molar-refractivity contribution in [3.8, 4) is 0 Å². The summed E-state index contributed by atoms with van der Waals surface area (Å²) in [6.45, 7) is 11.7. The van der Waals surface area contributed by atoms with Crippen molar-refractivity contribution in [3.05, 3.63) is 29.8 Å². The Balaban J connectivity index is 1.42. The third-order valence-electron chi connectivity index (χ3n) is 5.94. The van der Waals surface area contributed by atoms with Gasteiger partial charge in [-0.2, -0.15) is 0 Å². The van der Waals surface area contributed by atoms with Gasteiger partial charge in [0, 0.05) is 37.3 Å². The molecule has 1 aromatic carbocycles. The molecule has 138 valence electrons. The van der Waals surface area contributed by atoms with E-state index >= 15 is 0 Å². The Kier molecular flexibility index (Phi) is 6.00. The van der Waals surface area contributed by atoms with Crippen LogP contribution in [0.25, 0.3) is 0 Å². The molecule has 4 heteroatoms. The van der Waals surface area contributed by atoms with E-state index in [2.05, 4.69) is 60.2 Å². The van der Waals surface area contributed by atoms with Gasteiger partial charge in [0.1, 0.15) is 0 Å². The number of aryl methyl sites for hydroxylation is 1. The first-order valence-electron chi connectivity index (χ1n) is 9.87. The maximum Gasteiger partial charge on any atom is 0.223 e. The molecule has 2 aliphatic rings. The van der Waals surface area contributed by atoms with Crippen LogP contribution >= 0.6 is 0 Å². The molecular formula is C21H33N3O. The third kappa shape index (κ3) is 4.55. The van der Waals surface area contributed by atoms with Crippen LogP contribution in [0.4, 0.5) is 5.69 Å². The zero-order valence-corrected chi connectivity index (χ0v) is 16.0. The first-order chi connectivity index (χ1) is 12.0. The van der Waals surface area contributed by atoms with Crippen molar-refractivity contribution in [3.63, 3.8) is 0 Å². The highest BCUT2D eigenvalue weighted by Gasteiger charge is 2.28. The number of carbonyl (C=O) groups excluding carboxylic acids is 1. The molecule has 0 radical (unpaired) electrons. The number of hydrogen-bond acceptors (Lipinski definition) is 3. The molecule has 2 aliphatic heterocycles. The topological polar surface area (TPSA) is 35.6 Å². The fourth-order valence-electron chi connectivity index (χ4n) is 4.20. The summed E-state index contributed by atoms with van der Waals surface area (Å²) in [5, 5.41) is 3.24. The second-order valence-electron chi connectivity index (χ2n) is 8.04. The summed E-state index contributed by atoms with van der Waals surface area (Å²) in [5.74, 6) is 1.06. The Labute approximate surface area is 152 Å². The van der Waals surface area contributed by atoms with Crippen LogP contribution in [0.3, 0.4) is 0 Å². The van der Waals surface area contributed by atoms with Gasteiger partial charge in [0.25, 0.3) is 0 Å². The molecule has 1 N–H and O–H groups in total. The second kappa shape index (κ2) is 8.22. The van der Waals surface area contributed by atoms with Gasteiger partial charge in [0.05, 0.1) is 0 Å². The number of para-hydroxylation sites is 1. The standard InChI is InChI=1S/C21H33N3O/c1-16(2)23-12-9-19(10-13-23)21(25)22-14-18-8-11-24(15-18)20-7-5-4-6-17(20)3/h4-7,16,18-19H,8-15H2,1-3H3,(H,22,25)/t18-/m0/s1. The summed E-state index contributed by atoms with van der Waals surface area (Å²) in [4.78, 5) is 17.4. The number of amides is 1. The Morgan fingerprint density at radius 1 is 1.16 bits per heavy atom. The smallest absolute Gasteiger partial charge is 0.223 e. The molecule has 2 fully saturated rings. The van der Waals surface area contributed by atoms with Crippen molar-refractivity contribution < 1.29 is 4.79 Å². The summed E-state index contributed by atoms with van der Waals surface area (Å²) in [6.07, 6.45) is 3.18. The molecule has 0 aliphatic carbocycles. The first-order valence-corrected chi connectivity index (χ1v) is 9.87. The van der Waals surface area contributed by atoms with Gasteiger partial charge in [-0.1, -0.05) is 18.2 Å². The molecule has 0 unspecified atom stereocenters. The summed E-state index contributed by atoms with van der Waals surface area (Å²) in [6, 6.07) is 9.18. The number of hydrogen-bond donors (Lipinski definition) is 1. The summed E-state index contributed by atoms with van der Waals surface area (Å²) in [5.41, 5.74) is 2.68. The van der Waals surface area contributed by atoms with Crippen LogP contribution in [-0.2, 0) is 4.79 Å². The zero-order chi connectivity index (χ0) is 17.8. The number of nitrogens with zero attached hydrogens (tertiary/aromatic N) is 2. The molecule has 1 amide bonds. The lowest BCUT2D eigenvalue weighted by Crippen LogP contribution is -2.44. The van der Waals surface area contributed by atoms with E-state index in [1.165, 1.54) is 17.7 Å². The minimum atomic E-state index is 0.212. The van der Waals surface area contributed by atoms with Crippen molar-refractivity contribution in [1.29, 1.82) is 0 Å².